The van der Waals surface area contributed by atoms with Crippen LogP contribution >= 0.6 is 0 Å². The van der Waals surface area contributed by atoms with Crippen LogP contribution in [0.3, 0.4) is 0 Å². The number of fused-ring (bicyclic) bond motifs is 2. The van der Waals surface area contributed by atoms with Crippen LogP contribution in [0.5, 0.6) is 17.2 Å². The van der Waals surface area contributed by atoms with Crippen LogP contribution in [-0.4, -0.2) is 33.8 Å². The maximum Gasteiger partial charge on any atom is 0.279 e. The lowest BCUT2D eigenvalue weighted by molar-refractivity contribution is 0.174. The molecule has 33 heavy (non-hydrogen) atoms. The molecule has 6 rings (SSSR count). The van der Waals surface area contributed by atoms with E-state index in [-0.39, 0.29) is 18.2 Å². The molecular weight excluding hydrogens is 424 g/mol. The van der Waals surface area contributed by atoms with E-state index < -0.39 is 0 Å². The van der Waals surface area contributed by atoms with Crippen molar-refractivity contribution in [3.8, 4) is 45.9 Å². The summed E-state index contributed by atoms with van der Waals surface area (Å²) in [6.45, 7) is 0.179. The molecule has 0 unspecified atom stereocenters. The van der Waals surface area contributed by atoms with Gasteiger partial charge < -0.3 is 18.7 Å². The molecule has 0 saturated carbocycles. The number of nitrogens with zero attached hydrogens (tertiary/aromatic N) is 4. The lowest BCUT2D eigenvalue weighted by Crippen LogP contribution is -2.22. The third kappa shape index (κ3) is 3.18. The molecule has 0 aliphatic carbocycles. The van der Waals surface area contributed by atoms with Gasteiger partial charge in [-0.2, -0.15) is 14.8 Å². The van der Waals surface area contributed by atoms with Gasteiger partial charge in [-0.05, 0) is 36.4 Å². The van der Waals surface area contributed by atoms with Crippen LogP contribution in [0.1, 0.15) is 0 Å². The van der Waals surface area contributed by atoms with E-state index in [4.69, 9.17) is 18.7 Å². The molecule has 0 saturated heterocycles. The number of rotatable bonds is 4. The zero-order valence-corrected chi connectivity index (χ0v) is 17.4. The zero-order valence-electron chi connectivity index (χ0n) is 17.4. The Bertz CT molecular complexity index is 1570. The molecule has 0 atom stereocenters. The molecule has 0 radical (unpaired) electrons. The van der Waals surface area contributed by atoms with Crippen LogP contribution in [0.25, 0.3) is 39.4 Å². The number of ether oxygens (including phenoxy) is 3. The molecule has 9 heteroatoms. The molecule has 1 aliphatic rings. The van der Waals surface area contributed by atoms with Crippen LogP contribution in [0.15, 0.2) is 76.0 Å². The topological polar surface area (TPSA) is 102 Å². The maximum atomic E-state index is 13.2. The first-order chi connectivity index (χ1) is 16.2. The summed E-state index contributed by atoms with van der Waals surface area (Å²) in [6, 6.07) is 19.7. The van der Waals surface area contributed by atoms with Crippen molar-refractivity contribution in [1.29, 1.82) is 0 Å². The van der Waals surface area contributed by atoms with E-state index in [1.165, 1.54) is 4.68 Å². The number of benzene rings is 3. The molecule has 9 nitrogen and oxygen atoms in total. The molecule has 1 aliphatic heterocycles. The molecule has 0 spiro atoms. The molecular formula is C24H16N4O5. The van der Waals surface area contributed by atoms with Gasteiger partial charge >= 0.3 is 0 Å². The molecule has 0 fully saturated rings. The number of hydrogen-bond acceptors (Lipinski definition) is 8. The van der Waals surface area contributed by atoms with Gasteiger partial charge in [-0.15, -0.1) is 0 Å². The average Bonchev–Trinajstić information content (AvgIpc) is 3.54. The average molecular weight is 440 g/mol. The third-order valence-electron chi connectivity index (χ3n) is 5.36. The molecule has 162 valence electrons. The Kier molecular flexibility index (Phi) is 4.32. The van der Waals surface area contributed by atoms with Crippen molar-refractivity contribution >= 4 is 10.8 Å². The van der Waals surface area contributed by atoms with Crippen molar-refractivity contribution in [2.24, 2.45) is 0 Å². The van der Waals surface area contributed by atoms with E-state index in [0.717, 1.165) is 0 Å². The van der Waals surface area contributed by atoms with Crippen LogP contribution in [0, 0.1) is 0 Å². The molecule has 5 aromatic rings. The summed E-state index contributed by atoms with van der Waals surface area (Å²) in [6.07, 6.45) is 0. The first kappa shape index (κ1) is 19.1. The summed E-state index contributed by atoms with van der Waals surface area (Å²) in [5, 5.41) is 9.80. The lowest BCUT2D eigenvalue weighted by atomic mass is 10.1. The third-order valence-corrected chi connectivity index (χ3v) is 5.36. The normalized spacial score (nSPS) is 12.3. The van der Waals surface area contributed by atoms with E-state index in [1.807, 2.05) is 12.1 Å². The van der Waals surface area contributed by atoms with Gasteiger partial charge in [0, 0.05) is 17.0 Å². The minimum atomic E-state index is -0.266. The van der Waals surface area contributed by atoms with E-state index in [9.17, 15) is 4.79 Å². The van der Waals surface area contributed by atoms with Gasteiger partial charge in [0.1, 0.15) is 5.75 Å². The van der Waals surface area contributed by atoms with Crippen molar-refractivity contribution in [3.63, 3.8) is 0 Å². The van der Waals surface area contributed by atoms with Gasteiger partial charge in [-0.1, -0.05) is 29.4 Å². The summed E-state index contributed by atoms with van der Waals surface area (Å²) in [7, 11) is 1.57. The Labute approximate surface area is 186 Å². The van der Waals surface area contributed by atoms with Crippen LogP contribution in [-0.2, 0) is 0 Å². The highest BCUT2D eigenvalue weighted by atomic mass is 16.7. The summed E-state index contributed by atoms with van der Waals surface area (Å²) in [5.41, 5.74) is 1.40. The first-order valence-corrected chi connectivity index (χ1v) is 10.1. The van der Waals surface area contributed by atoms with Crippen molar-refractivity contribution < 1.29 is 18.7 Å². The van der Waals surface area contributed by atoms with Crippen molar-refractivity contribution in [2.75, 3.05) is 13.9 Å². The number of hydrogen-bond donors (Lipinski definition) is 0. The van der Waals surface area contributed by atoms with Gasteiger partial charge in [0.05, 0.1) is 18.2 Å². The smallest absolute Gasteiger partial charge is 0.279 e. The Morgan fingerprint density at radius 3 is 2.67 bits per heavy atom. The number of aromatic nitrogens is 4. The summed E-state index contributed by atoms with van der Waals surface area (Å²) in [4.78, 5) is 17.8. The minimum Gasteiger partial charge on any atom is -0.497 e. The van der Waals surface area contributed by atoms with Crippen molar-refractivity contribution in [2.45, 2.75) is 0 Å². The molecule has 3 heterocycles. The standard InChI is InChI=1S/C24H16N4O5/c1-30-16-6-4-5-15(12-16)28-24(29)18-8-3-2-7-17(18)21(26-28)23-25-22(27-33-23)14-9-10-19-20(11-14)32-13-31-19/h2-12H,13H2,1H3. The highest BCUT2D eigenvalue weighted by molar-refractivity contribution is 5.92. The van der Waals surface area contributed by atoms with Crippen LogP contribution in [0.4, 0.5) is 0 Å². The van der Waals surface area contributed by atoms with Gasteiger partial charge in [0.15, 0.2) is 17.2 Å². The highest BCUT2D eigenvalue weighted by Crippen LogP contribution is 2.35. The fraction of sp³-hybridized carbons (Fsp3) is 0.0833. The highest BCUT2D eigenvalue weighted by Gasteiger charge is 2.21. The monoisotopic (exact) mass is 440 g/mol. The van der Waals surface area contributed by atoms with E-state index in [1.54, 1.807) is 61.7 Å². The van der Waals surface area contributed by atoms with Crippen LogP contribution in [0.2, 0.25) is 0 Å². The molecule has 2 aromatic heterocycles. The molecule has 0 bridgehead atoms. The SMILES string of the molecule is COc1cccc(-n2nc(-c3nc(-c4ccc5c(c4)OCO5)no3)c3ccccc3c2=O)c1. The van der Waals surface area contributed by atoms with Gasteiger partial charge in [-0.3, -0.25) is 4.79 Å². The summed E-state index contributed by atoms with van der Waals surface area (Å²) < 4.78 is 23.0. The van der Waals surface area contributed by atoms with E-state index in [2.05, 4.69) is 15.2 Å². The fourth-order valence-electron chi connectivity index (χ4n) is 3.74. The Morgan fingerprint density at radius 2 is 1.79 bits per heavy atom. The van der Waals surface area contributed by atoms with E-state index >= 15 is 0 Å². The minimum absolute atomic E-state index is 0.179. The van der Waals surface area contributed by atoms with Crippen LogP contribution < -0.4 is 19.8 Å². The predicted octanol–water partition coefficient (Wildman–Crippen LogP) is 3.84. The van der Waals surface area contributed by atoms with Gasteiger partial charge in [0.25, 0.3) is 11.4 Å². The lowest BCUT2D eigenvalue weighted by Gasteiger charge is -2.10. The van der Waals surface area contributed by atoms with Crippen molar-refractivity contribution in [3.05, 3.63) is 77.1 Å². The molecule has 3 aromatic carbocycles. The second-order valence-corrected chi connectivity index (χ2v) is 7.30. The maximum absolute atomic E-state index is 13.2. The van der Waals surface area contributed by atoms with E-state index in [0.29, 0.717) is 50.8 Å². The largest absolute Gasteiger partial charge is 0.497 e. The van der Waals surface area contributed by atoms with Crippen molar-refractivity contribution in [1.82, 2.24) is 19.9 Å². The molecule has 0 amide bonds. The quantitative estimate of drug-likeness (QED) is 0.415. The summed E-state index contributed by atoms with van der Waals surface area (Å²) >= 11 is 0. The number of methoxy groups -OCH3 is 1. The fourth-order valence-corrected chi connectivity index (χ4v) is 3.74. The predicted molar refractivity (Wildman–Crippen MR) is 119 cm³/mol. The first-order valence-electron chi connectivity index (χ1n) is 10.1. The zero-order chi connectivity index (χ0) is 22.4. The van der Waals surface area contributed by atoms with Gasteiger partial charge in [0.2, 0.25) is 12.6 Å². The second kappa shape index (κ2) is 7.49. The Morgan fingerprint density at radius 1 is 0.939 bits per heavy atom. The summed E-state index contributed by atoms with van der Waals surface area (Å²) in [5.74, 6) is 2.46. The Balaban J connectivity index is 1.51. The van der Waals surface area contributed by atoms with Gasteiger partial charge in [-0.25, -0.2) is 0 Å². The second-order valence-electron chi connectivity index (χ2n) is 7.30. The molecule has 0 N–H and O–H groups in total. The Hall–Kier alpha value is -4.66.